The summed E-state index contributed by atoms with van der Waals surface area (Å²) in [5.74, 6) is 0.619. The van der Waals surface area contributed by atoms with Crippen LogP contribution in [0.3, 0.4) is 0 Å². The lowest BCUT2D eigenvalue weighted by Crippen LogP contribution is -2.26. The van der Waals surface area contributed by atoms with Crippen LogP contribution in [0.5, 0.6) is 0 Å². The highest BCUT2D eigenvalue weighted by atomic mass is 16.3. The van der Waals surface area contributed by atoms with E-state index in [1.807, 2.05) is 6.92 Å². The molecule has 0 aliphatic heterocycles. The van der Waals surface area contributed by atoms with Gasteiger partial charge in [-0.2, -0.15) is 0 Å². The van der Waals surface area contributed by atoms with E-state index in [1.165, 1.54) is 6.07 Å². The number of anilines is 1. The van der Waals surface area contributed by atoms with Crippen LogP contribution in [0.1, 0.15) is 13.3 Å². The van der Waals surface area contributed by atoms with Crippen molar-refractivity contribution in [2.45, 2.75) is 13.3 Å². The monoisotopic (exact) mass is 260 g/mol. The van der Waals surface area contributed by atoms with E-state index in [0.29, 0.717) is 18.1 Å². The Morgan fingerprint density at radius 1 is 1.37 bits per heavy atom. The molecule has 0 unspecified atom stereocenters. The average Bonchev–Trinajstić information content (AvgIpc) is 2.45. The van der Waals surface area contributed by atoms with E-state index in [2.05, 4.69) is 15.0 Å². The number of hydrogen-bond acceptors (Lipinski definition) is 5. The summed E-state index contributed by atoms with van der Waals surface area (Å²) >= 11 is 0. The summed E-state index contributed by atoms with van der Waals surface area (Å²) < 4.78 is 0. The smallest absolute Gasteiger partial charge is 0.247 e. The highest BCUT2D eigenvalue weighted by molar-refractivity contribution is 5.58. The number of aliphatic hydroxyl groups excluding tert-OH is 1. The summed E-state index contributed by atoms with van der Waals surface area (Å²) in [6.45, 7) is 2.64. The molecule has 100 valence electrons. The van der Waals surface area contributed by atoms with E-state index in [1.54, 1.807) is 29.6 Å². The van der Waals surface area contributed by atoms with E-state index in [-0.39, 0.29) is 12.3 Å². The molecule has 2 aromatic heterocycles. The topological polar surface area (TPSA) is 82.1 Å². The normalized spacial score (nSPS) is 10.4. The summed E-state index contributed by atoms with van der Waals surface area (Å²) in [5, 5.41) is 9.32. The highest BCUT2D eigenvalue weighted by Crippen LogP contribution is 2.17. The van der Waals surface area contributed by atoms with Crippen LogP contribution in [-0.2, 0) is 0 Å². The third-order valence-corrected chi connectivity index (χ3v) is 2.69. The van der Waals surface area contributed by atoms with Crippen LogP contribution in [0, 0.1) is 0 Å². The van der Waals surface area contributed by atoms with Crippen LogP contribution in [0.15, 0.2) is 35.5 Å². The second-order valence-corrected chi connectivity index (χ2v) is 4.11. The first-order valence-corrected chi connectivity index (χ1v) is 6.11. The van der Waals surface area contributed by atoms with E-state index in [4.69, 9.17) is 0 Å². The minimum atomic E-state index is -0.157. The van der Waals surface area contributed by atoms with Crippen LogP contribution in [0.2, 0.25) is 0 Å². The largest absolute Gasteiger partial charge is 0.376 e. The van der Waals surface area contributed by atoms with Crippen LogP contribution in [-0.4, -0.2) is 33.3 Å². The Hall–Kier alpha value is -2.21. The van der Waals surface area contributed by atoms with Crippen LogP contribution >= 0.6 is 0 Å². The molecule has 0 aliphatic rings. The zero-order chi connectivity index (χ0) is 13.7. The molecule has 2 heterocycles. The van der Waals surface area contributed by atoms with Crippen molar-refractivity contribution in [3.63, 3.8) is 0 Å². The molecule has 2 aromatic rings. The molecule has 2 N–H and O–H groups in total. The van der Waals surface area contributed by atoms with Gasteiger partial charge in [-0.15, -0.1) is 0 Å². The molecule has 6 heteroatoms. The Morgan fingerprint density at radius 3 is 2.84 bits per heavy atom. The molecule has 0 spiro atoms. The van der Waals surface area contributed by atoms with Gasteiger partial charge in [0.05, 0.1) is 18.1 Å². The predicted molar refractivity (Wildman–Crippen MR) is 72.8 cm³/mol. The number of pyridine rings is 1. The number of aromatic amines is 1. The molecular formula is C13H16N4O2. The van der Waals surface area contributed by atoms with E-state index in [0.717, 1.165) is 12.0 Å². The van der Waals surface area contributed by atoms with Crippen molar-refractivity contribution >= 4 is 5.82 Å². The molecular weight excluding hydrogens is 244 g/mol. The molecule has 0 radical (unpaired) electrons. The lowest BCUT2D eigenvalue weighted by atomic mass is 10.2. The minimum Gasteiger partial charge on any atom is -0.376 e. The van der Waals surface area contributed by atoms with Gasteiger partial charge < -0.3 is 15.0 Å². The number of nitrogens with one attached hydrogen (secondary N) is 1. The second kappa shape index (κ2) is 6.10. The van der Waals surface area contributed by atoms with Gasteiger partial charge in [-0.05, 0) is 12.5 Å². The van der Waals surface area contributed by atoms with Crippen molar-refractivity contribution in [3.8, 4) is 11.3 Å². The summed E-state index contributed by atoms with van der Waals surface area (Å²) in [7, 11) is 0. The predicted octanol–water partition coefficient (Wildman–Crippen LogP) is 0.998. The minimum absolute atomic E-state index is 0.0996. The Bertz CT molecular complexity index is 577. The summed E-state index contributed by atoms with van der Waals surface area (Å²) in [5.41, 5.74) is 1.28. The molecule has 0 fully saturated rings. The fourth-order valence-electron chi connectivity index (χ4n) is 1.74. The molecule has 0 aromatic carbocycles. The molecule has 19 heavy (non-hydrogen) atoms. The SMILES string of the molecule is CCCN(CO)c1cncc(-c2ccc(=O)[nH]c2)n1. The van der Waals surface area contributed by atoms with E-state index < -0.39 is 0 Å². The van der Waals surface area contributed by atoms with Crippen molar-refractivity contribution in [1.29, 1.82) is 0 Å². The van der Waals surface area contributed by atoms with Gasteiger partial charge in [-0.1, -0.05) is 6.92 Å². The number of aromatic nitrogens is 3. The van der Waals surface area contributed by atoms with Crippen molar-refractivity contribution < 1.29 is 5.11 Å². The number of rotatable bonds is 5. The van der Waals surface area contributed by atoms with Gasteiger partial charge in [0.25, 0.3) is 0 Å². The Labute approximate surface area is 110 Å². The maximum atomic E-state index is 11.0. The first kappa shape index (κ1) is 13.2. The standard InChI is InChI=1S/C13H16N4O2/c1-2-5-17(9-18)12-8-14-7-11(16-12)10-3-4-13(19)15-6-10/h3-4,6-8,18H,2,5,9H2,1H3,(H,15,19). The van der Waals surface area contributed by atoms with Crippen LogP contribution < -0.4 is 10.5 Å². The number of hydrogen-bond donors (Lipinski definition) is 2. The second-order valence-electron chi connectivity index (χ2n) is 4.11. The molecule has 0 saturated heterocycles. The van der Waals surface area contributed by atoms with Crippen LogP contribution in [0.25, 0.3) is 11.3 Å². The van der Waals surface area contributed by atoms with Crippen molar-refractivity contribution in [3.05, 3.63) is 41.1 Å². The van der Waals surface area contributed by atoms with Gasteiger partial charge in [0.15, 0.2) is 0 Å². The average molecular weight is 260 g/mol. The Morgan fingerprint density at radius 2 is 2.21 bits per heavy atom. The zero-order valence-electron chi connectivity index (χ0n) is 10.7. The summed E-state index contributed by atoms with van der Waals surface area (Å²) in [6, 6.07) is 3.13. The molecule has 6 nitrogen and oxygen atoms in total. The fourth-order valence-corrected chi connectivity index (χ4v) is 1.74. The molecule has 0 atom stereocenters. The molecule has 0 bridgehead atoms. The number of aliphatic hydroxyl groups is 1. The Balaban J connectivity index is 2.33. The highest BCUT2D eigenvalue weighted by Gasteiger charge is 2.08. The van der Waals surface area contributed by atoms with Crippen molar-refractivity contribution in [1.82, 2.24) is 15.0 Å². The fraction of sp³-hybridized carbons (Fsp3) is 0.308. The molecule has 2 rings (SSSR count). The van der Waals surface area contributed by atoms with Gasteiger partial charge in [-0.3, -0.25) is 9.78 Å². The maximum Gasteiger partial charge on any atom is 0.247 e. The van der Waals surface area contributed by atoms with Gasteiger partial charge >= 0.3 is 0 Å². The van der Waals surface area contributed by atoms with E-state index in [9.17, 15) is 9.90 Å². The first-order valence-electron chi connectivity index (χ1n) is 6.11. The van der Waals surface area contributed by atoms with E-state index >= 15 is 0 Å². The third kappa shape index (κ3) is 3.17. The first-order chi connectivity index (χ1) is 9.24. The third-order valence-electron chi connectivity index (χ3n) is 2.69. The quantitative estimate of drug-likeness (QED) is 0.784. The number of H-pyrrole nitrogens is 1. The summed E-state index contributed by atoms with van der Waals surface area (Å²) in [4.78, 5) is 23.9. The lowest BCUT2D eigenvalue weighted by molar-refractivity contribution is 0.289. The van der Waals surface area contributed by atoms with Crippen molar-refractivity contribution in [2.75, 3.05) is 18.2 Å². The van der Waals surface area contributed by atoms with Crippen molar-refractivity contribution in [2.24, 2.45) is 0 Å². The maximum absolute atomic E-state index is 11.0. The lowest BCUT2D eigenvalue weighted by Gasteiger charge is -2.20. The van der Waals surface area contributed by atoms with Gasteiger partial charge in [0.1, 0.15) is 12.5 Å². The Kier molecular flexibility index (Phi) is 4.25. The molecule has 0 saturated carbocycles. The van der Waals surface area contributed by atoms with Gasteiger partial charge in [0, 0.05) is 24.4 Å². The zero-order valence-corrected chi connectivity index (χ0v) is 10.7. The van der Waals surface area contributed by atoms with Gasteiger partial charge in [0.2, 0.25) is 5.56 Å². The number of nitrogens with zero attached hydrogens (tertiary/aromatic N) is 3. The van der Waals surface area contributed by atoms with Gasteiger partial charge in [-0.25, -0.2) is 4.98 Å². The summed E-state index contributed by atoms with van der Waals surface area (Å²) in [6.07, 6.45) is 5.74. The van der Waals surface area contributed by atoms with Crippen LogP contribution in [0.4, 0.5) is 5.82 Å². The molecule has 0 aliphatic carbocycles. The molecule has 0 amide bonds.